The average molecular weight is 187 g/mol. The zero-order valence-corrected chi connectivity index (χ0v) is 7.71. The highest BCUT2D eigenvalue weighted by Gasteiger charge is 2.00. The summed E-state index contributed by atoms with van der Waals surface area (Å²) >= 11 is 0. The number of aldehydes is 1. The topological polar surface area (TPSA) is 47.3 Å². The van der Waals surface area contributed by atoms with Gasteiger partial charge in [0.15, 0.2) is 5.65 Å². The number of aromatic nitrogens is 3. The number of hydrogen-bond acceptors (Lipinski definition) is 3. The second-order valence-electron chi connectivity index (χ2n) is 2.92. The lowest BCUT2D eigenvalue weighted by atomic mass is 10.4. The van der Waals surface area contributed by atoms with Gasteiger partial charge in [-0.2, -0.15) is 5.10 Å². The van der Waals surface area contributed by atoms with Crippen LogP contribution < -0.4 is 0 Å². The van der Waals surface area contributed by atoms with Gasteiger partial charge in [0, 0.05) is 0 Å². The summed E-state index contributed by atoms with van der Waals surface area (Å²) in [6.45, 7) is 1.91. The van der Waals surface area contributed by atoms with Crippen LogP contribution in [0.2, 0.25) is 0 Å². The van der Waals surface area contributed by atoms with Gasteiger partial charge in [0.2, 0.25) is 0 Å². The van der Waals surface area contributed by atoms with Crippen LogP contribution in [0, 0.1) is 6.92 Å². The van der Waals surface area contributed by atoms with E-state index in [1.54, 1.807) is 16.8 Å². The predicted octanol–water partition coefficient (Wildman–Crippen LogP) is 1.25. The van der Waals surface area contributed by atoms with Gasteiger partial charge in [-0.05, 0) is 31.2 Å². The van der Waals surface area contributed by atoms with Crippen LogP contribution >= 0.6 is 0 Å². The average Bonchev–Trinajstić information content (AvgIpc) is 2.57. The van der Waals surface area contributed by atoms with Gasteiger partial charge >= 0.3 is 0 Å². The van der Waals surface area contributed by atoms with Crippen LogP contribution in [0.5, 0.6) is 0 Å². The Balaban J connectivity index is 2.60. The smallest absolute Gasteiger partial charge is 0.154 e. The normalized spacial score (nSPS) is 11.2. The Morgan fingerprint density at radius 1 is 1.43 bits per heavy atom. The molecule has 0 bridgehead atoms. The maximum absolute atomic E-state index is 10.2. The summed E-state index contributed by atoms with van der Waals surface area (Å²) in [7, 11) is 0. The standard InChI is InChI=1S/C10H9N3O/c1-8-4-5-10-11-7-9(3-2-6-14)13(10)12-8/h2-7H,1H3/b3-2+. The van der Waals surface area contributed by atoms with E-state index in [4.69, 9.17) is 0 Å². The van der Waals surface area contributed by atoms with E-state index in [-0.39, 0.29) is 0 Å². The van der Waals surface area contributed by atoms with Crippen molar-refractivity contribution in [1.29, 1.82) is 0 Å². The maximum atomic E-state index is 10.2. The van der Waals surface area contributed by atoms with Crippen molar-refractivity contribution in [3.63, 3.8) is 0 Å². The molecule has 2 heterocycles. The maximum Gasteiger partial charge on any atom is 0.154 e. The number of carbonyl (C=O) groups excluding carboxylic acids is 1. The fourth-order valence-electron chi connectivity index (χ4n) is 1.23. The van der Waals surface area contributed by atoms with Gasteiger partial charge in [-0.25, -0.2) is 9.50 Å². The van der Waals surface area contributed by atoms with Gasteiger partial charge in [0.25, 0.3) is 0 Å². The highest BCUT2D eigenvalue weighted by Crippen LogP contribution is 2.06. The fraction of sp³-hybridized carbons (Fsp3) is 0.100. The molecule has 0 radical (unpaired) electrons. The van der Waals surface area contributed by atoms with E-state index in [0.29, 0.717) is 0 Å². The first-order valence-corrected chi connectivity index (χ1v) is 4.24. The van der Waals surface area contributed by atoms with E-state index in [2.05, 4.69) is 10.1 Å². The third kappa shape index (κ3) is 1.42. The van der Waals surface area contributed by atoms with Gasteiger partial charge < -0.3 is 0 Å². The predicted molar refractivity (Wildman–Crippen MR) is 52.8 cm³/mol. The summed E-state index contributed by atoms with van der Waals surface area (Å²) in [4.78, 5) is 14.3. The Hall–Kier alpha value is -1.97. The minimum atomic E-state index is 0.731. The van der Waals surface area contributed by atoms with Crippen LogP contribution in [0.4, 0.5) is 0 Å². The van der Waals surface area contributed by atoms with Crippen LogP contribution in [-0.2, 0) is 4.79 Å². The van der Waals surface area contributed by atoms with E-state index in [1.165, 1.54) is 6.08 Å². The zero-order valence-electron chi connectivity index (χ0n) is 7.71. The highest BCUT2D eigenvalue weighted by molar-refractivity contribution is 5.73. The van der Waals surface area contributed by atoms with Crippen LogP contribution in [0.1, 0.15) is 11.4 Å². The Kier molecular flexibility index (Phi) is 2.10. The van der Waals surface area contributed by atoms with Gasteiger partial charge in [-0.15, -0.1) is 0 Å². The molecule has 2 aromatic heterocycles. The van der Waals surface area contributed by atoms with Gasteiger partial charge in [-0.3, -0.25) is 4.79 Å². The summed E-state index contributed by atoms with van der Waals surface area (Å²) in [6, 6.07) is 3.79. The Morgan fingerprint density at radius 3 is 3.07 bits per heavy atom. The summed E-state index contributed by atoms with van der Waals surface area (Å²) < 4.78 is 1.70. The van der Waals surface area contributed by atoms with E-state index in [1.807, 2.05) is 19.1 Å². The number of aryl methyl sites for hydroxylation is 1. The first-order valence-electron chi connectivity index (χ1n) is 4.24. The minimum Gasteiger partial charge on any atom is -0.299 e. The number of carbonyl (C=O) groups is 1. The lowest BCUT2D eigenvalue weighted by Crippen LogP contribution is -1.95. The van der Waals surface area contributed by atoms with Crippen molar-refractivity contribution >= 4 is 18.0 Å². The number of imidazole rings is 1. The minimum absolute atomic E-state index is 0.731. The molecule has 0 spiro atoms. The van der Waals surface area contributed by atoms with Crippen LogP contribution in [0.25, 0.3) is 11.7 Å². The number of allylic oxidation sites excluding steroid dienone is 1. The van der Waals surface area contributed by atoms with Crippen molar-refractivity contribution in [2.75, 3.05) is 0 Å². The highest BCUT2D eigenvalue weighted by atomic mass is 16.1. The van der Waals surface area contributed by atoms with Gasteiger partial charge in [0.1, 0.15) is 6.29 Å². The van der Waals surface area contributed by atoms with Crippen LogP contribution in [0.3, 0.4) is 0 Å². The van der Waals surface area contributed by atoms with Crippen molar-refractivity contribution in [2.45, 2.75) is 6.92 Å². The summed E-state index contributed by atoms with van der Waals surface area (Å²) in [5, 5.41) is 4.28. The van der Waals surface area contributed by atoms with Crippen molar-refractivity contribution in [2.24, 2.45) is 0 Å². The third-order valence-corrected chi connectivity index (χ3v) is 1.87. The molecule has 0 aromatic carbocycles. The molecule has 70 valence electrons. The molecule has 0 aliphatic rings. The number of rotatable bonds is 2. The number of nitrogens with zero attached hydrogens (tertiary/aromatic N) is 3. The molecule has 4 heteroatoms. The first kappa shape index (κ1) is 8.62. The molecule has 2 aromatic rings. The molecular weight excluding hydrogens is 178 g/mol. The van der Waals surface area contributed by atoms with Gasteiger partial charge in [0.05, 0.1) is 17.6 Å². The van der Waals surface area contributed by atoms with Crippen molar-refractivity contribution < 1.29 is 4.79 Å². The van der Waals surface area contributed by atoms with Crippen LogP contribution in [-0.4, -0.2) is 20.9 Å². The molecule has 0 amide bonds. The molecule has 14 heavy (non-hydrogen) atoms. The van der Waals surface area contributed by atoms with Crippen molar-refractivity contribution in [3.8, 4) is 0 Å². The van der Waals surface area contributed by atoms with Gasteiger partial charge in [-0.1, -0.05) is 0 Å². The molecule has 0 atom stereocenters. The third-order valence-electron chi connectivity index (χ3n) is 1.87. The molecular formula is C10H9N3O. The van der Waals surface area contributed by atoms with E-state index >= 15 is 0 Å². The SMILES string of the molecule is Cc1ccc2ncc(/C=C/C=O)n2n1. The fourth-order valence-corrected chi connectivity index (χ4v) is 1.23. The molecule has 0 saturated heterocycles. The lowest BCUT2D eigenvalue weighted by molar-refractivity contribution is -0.104. The molecule has 0 aliphatic heterocycles. The molecule has 0 N–H and O–H groups in total. The molecule has 2 rings (SSSR count). The molecule has 0 aliphatic carbocycles. The Morgan fingerprint density at radius 2 is 2.29 bits per heavy atom. The second kappa shape index (κ2) is 3.41. The van der Waals surface area contributed by atoms with E-state index < -0.39 is 0 Å². The quantitative estimate of drug-likeness (QED) is 0.525. The van der Waals surface area contributed by atoms with E-state index in [9.17, 15) is 4.79 Å². The lowest BCUT2D eigenvalue weighted by Gasteiger charge is -1.96. The Labute approximate surface area is 80.9 Å². The largest absolute Gasteiger partial charge is 0.299 e. The van der Waals surface area contributed by atoms with Crippen molar-refractivity contribution in [1.82, 2.24) is 14.6 Å². The number of hydrogen-bond donors (Lipinski definition) is 0. The zero-order chi connectivity index (χ0) is 9.97. The molecule has 4 nitrogen and oxygen atoms in total. The second-order valence-corrected chi connectivity index (χ2v) is 2.92. The van der Waals surface area contributed by atoms with E-state index in [0.717, 1.165) is 23.3 Å². The number of fused-ring (bicyclic) bond motifs is 1. The molecule has 0 saturated carbocycles. The monoisotopic (exact) mass is 187 g/mol. The molecule has 0 fully saturated rings. The molecule has 0 unspecified atom stereocenters. The Bertz CT molecular complexity index is 499. The van der Waals surface area contributed by atoms with Crippen LogP contribution in [0.15, 0.2) is 24.4 Å². The summed E-state index contributed by atoms with van der Waals surface area (Å²) in [5.74, 6) is 0. The summed E-state index contributed by atoms with van der Waals surface area (Å²) in [5.41, 5.74) is 2.49. The summed E-state index contributed by atoms with van der Waals surface area (Å²) in [6.07, 6.45) is 5.52. The first-order chi connectivity index (χ1) is 6.81. The van der Waals surface area contributed by atoms with Crippen molar-refractivity contribution in [3.05, 3.63) is 35.8 Å².